The minimum absolute atomic E-state index is 0.00315. The van der Waals surface area contributed by atoms with E-state index in [2.05, 4.69) is 5.32 Å². The molecule has 0 atom stereocenters. The molecule has 4 nitrogen and oxygen atoms in total. The Hall–Kier alpha value is -1.34. The monoisotopic (exact) mass is 208 g/mol. The number of aliphatic hydroxyl groups excluding tert-OH is 1. The van der Waals surface area contributed by atoms with Gasteiger partial charge in [0.1, 0.15) is 11.6 Å². The zero-order valence-electron chi connectivity index (χ0n) is 9.13. The van der Waals surface area contributed by atoms with Crippen molar-refractivity contribution in [2.45, 2.75) is 26.7 Å². The molecule has 82 valence electrons. The highest BCUT2D eigenvalue weighted by molar-refractivity contribution is 6.01. The lowest BCUT2D eigenvalue weighted by Gasteiger charge is -2.30. The third kappa shape index (κ3) is 2.80. The lowest BCUT2D eigenvalue weighted by Crippen LogP contribution is -2.32. The van der Waals surface area contributed by atoms with E-state index in [1.54, 1.807) is 0 Å². The van der Waals surface area contributed by atoms with Crippen LogP contribution in [0.25, 0.3) is 0 Å². The van der Waals surface area contributed by atoms with Crippen LogP contribution >= 0.6 is 0 Å². The highest BCUT2D eigenvalue weighted by Crippen LogP contribution is 2.35. The molecule has 0 bridgehead atoms. The van der Waals surface area contributed by atoms with Gasteiger partial charge >= 0.3 is 0 Å². The Bertz CT molecular complexity index is 337. The van der Waals surface area contributed by atoms with Gasteiger partial charge in [-0.3, -0.25) is 4.79 Å². The zero-order chi connectivity index (χ0) is 11.5. The number of Topliss-reactive ketones (excluding diaryl/α,β-unsaturated/α-hetero) is 1. The van der Waals surface area contributed by atoms with Crippen molar-refractivity contribution < 1.29 is 9.90 Å². The summed E-state index contributed by atoms with van der Waals surface area (Å²) in [6.45, 7) is 4.38. The van der Waals surface area contributed by atoms with Gasteiger partial charge in [-0.25, -0.2) is 0 Å². The molecule has 15 heavy (non-hydrogen) atoms. The number of carbonyl (C=O) groups is 1. The Morgan fingerprint density at radius 1 is 1.53 bits per heavy atom. The second kappa shape index (κ2) is 4.45. The van der Waals surface area contributed by atoms with Gasteiger partial charge in [0, 0.05) is 18.7 Å². The van der Waals surface area contributed by atoms with E-state index < -0.39 is 0 Å². The van der Waals surface area contributed by atoms with Crippen LogP contribution in [0, 0.1) is 16.7 Å². The van der Waals surface area contributed by atoms with E-state index in [9.17, 15) is 4.79 Å². The maximum atomic E-state index is 11.6. The largest absolute Gasteiger partial charge is 0.395 e. The van der Waals surface area contributed by atoms with Gasteiger partial charge < -0.3 is 10.4 Å². The zero-order valence-corrected chi connectivity index (χ0v) is 9.13. The fourth-order valence-corrected chi connectivity index (χ4v) is 1.81. The summed E-state index contributed by atoms with van der Waals surface area (Å²) in [4.78, 5) is 11.6. The van der Waals surface area contributed by atoms with Crippen molar-refractivity contribution in [1.82, 2.24) is 5.32 Å². The summed E-state index contributed by atoms with van der Waals surface area (Å²) in [5, 5.41) is 20.5. The molecular weight excluding hydrogens is 192 g/mol. The number of nitrogens with one attached hydrogen (secondary N) is 1. The molecule has 0 aromatic carbocycles. The number of hydrogen-bond donors (Lipinski definition) is 2. The van der Waals surface area contributed by atoms with Crippen LogP contribution in [0.5, 0.6) is 0 Å². The molecule has 2 N–H and O–H groups in total. The van der Waals surface area contributed by atoms with Crippen LogP contribution in [0.1, 0.15) is 26.7 Å². The molecule has 0 fully saturated rings. The van der Waals surface area contributed by atoms with Crippen LogP contribution < -0.4 is 5.32 Å². The summed E-state index contributed by atoms with van der Waals surface area (Å²) in [5.41, 5.74) is 0.797. The summed E-state index contributed by atoms with van der Waals surface area (Å²) in [6.07, 6.45) is 1.10. The summed E-state index contributed by atoms with van der Waals surface area (Å²) >= 11 is 0. The Labute approximate surface area is 89.6 Å². The first kappa shape index (κ1) is 11.7. The summed E-state index contributed by atoms with van der Waals surface area (Å²) in [7, 11) is 0. The third-order valence-electron chi connectivity index (χ3n) is 2.44. The number of allylic oxidation sites excluding steroid dienone is 2. The van der Waals surface area contributed by atoms with Crippen molar-refractivity contribution in [2.75, 3.05) is 13.2 Å². The minimum atomic E-state index is -0.103. The first-order valence-electron chi connectivity index (χ1n) is 5.01. The van der Waals surface area contributed by atoms with Crippen molar-refractivity contribution in [2.24, 2.45) is 5.41 Å². The van der Waals surface area contributed by atoms with E-state index in [-0.39, 0.29) is 23.4 Å². The molecule has 0 unspecified atom stereocenters. The maximum absolute atomic E-state index is 11.6. The lowest BCUT2D eigenvalue weighted by atomic mass is 9.76. The Morgan fingerprint density at radius 2 is 2.20 bits per heavy atom. The second-order valence-electron chi connectivity index (χ2n) is 4.56. The Balaban J connectivity index is 2.93. The molecule has 1 aliphatic carbocycles. The molecule has 0 saturated heterocycles. The number of nitrogens with zero attached hydrogens (tertiary/aromatic N) is 1. The summed E-state index contributed by atoms with van der Waals surface area (Å²) in [6, 6.07) is 1.94. The van der Waals surface area contributed by atoms with Crippen molar-refractivity contribution in [1.29, 1.82) is 5.26 Å². The molecule has 0 aromatic heterocycles. The normalized spacial score (nSPS) is 20.0. The number of carbonyl (C=O) groups excluding carboxylic acids is 1. The Kier molecular flexibility index (Phi) is 3.48. The third-order valence-corrected chi connectivity index (χ3v) is 2.44. The quantitative estimate of drug-likeness (QED) is 0.717. The van der Waals surface area contributed by atoms with Crippen LogP contribution in [0.3, 0.4) is 0 Å². The average Bonchev–Trinajstić information content (AvgIpc) is 2.12. The van der Waals surface area contributed by atoms with E-state index in [0.29, 0.717) is 25.1 Å². The highest BCUT2D eigenvalue weighted by atomic mass is 16.3. The maximum Gasteiger partial charge on any atom is 0.175 e. The van der Waals surface area contributed by atoms with Gasteiger partial charge in [0.05, 0.1) is 6.61 Å². The second-order valence-corrected chi connectivity index (χ2v) is 4.56. The highest BCUT2D eigenvalue weighted by Gasteiger charge is 2.32. The number of ketones is 1. The van der Waals surface area contributed by atoms with Crippen molar-refractivity contribution in [3.05, 3.63) is 11.3 Å². The van der Waals surface area contributed by atoms with E-state index in [4.69, 9.17) is 10.4 Å². The molecule has 0 aromatic rings. The van der Waals surface area contributed by atoms with Crippen LogP contribution in [-0.4, -0.2) is 24.0 Å². The molecule has 0 radical (unpaired) electrons. The number of aliphatic hydroxyl groups is 1. The standard InChI is InChI=1S/C11H16N2O2/c1-11(2)5-9(13-3-4-14)8(7-12)10(15)6-11/h13-14H,3-6H2,1-2H3. The average molecular weight is 208 g/mol. The smallest absolute Gasteiger partial charge is 0.175 e. The van der Waals surface area contributed by atoms with E-state index in [1.165, 1.54) is 0 Å². The minimum Gasteiger partial charge on any atom is -0.395 e. The van der Waals surface area contributed by atoms with Crippen molar-refractivity contribution in [3.8, 4) is 6.07 Å². The topological polar surface area (TPSA) is 73.1 Å². The lowest BCUT2D eigenvalue weighted by molar-refractivity contribution is -0.117. The number of rotatable bonds is 3. The predicted molar refractivity (Wildman–Crippen MR) is 55.7 cm³/mol. The van der Waals surface area contributed by atoms with E-state index >= 15 is 0 Å². The number of hydrogen-bond acceptors (Lipinski definition) is 4. The molecular formula is C11H16N2O2. The molecule has 0 aliphatic heterocycles. The van der Waals surface area contributed by atoms with Crippen LogP contribution in [0.2, 0.25) is 0 Å². The van der Waals surface area contributed by atoms with Gasteiger partial charge in [-0.1, -0.05) is 13.8 Å². The Morgan fingerprint density at radius 3 is 2.73 bits per heavy atom. The van der Waals surface area contributed by atoms with E-state index in [1.807, 2.05) is 19.9 Å². The molecule has 4 heteroatoms. The van der Waals surface area contributed by atoms with Crippen LogP contribution in [0.4, 0.5) is 0 Å². The molecule has 0 heterocycles. The summed E-state index contributed by atoms with van der Waals surface area (Å²) < 4.78 is 0. The van der Waals surface area contributed by atoms with Crippen molar-refractivity contribution >= 4 is 5.78 Å². The van der Waals surface area contributed by atoms with Gasteiger partial charge in [-0.15, -0.1) is 0 Å². The molecule has 1 aliphatic rings. The van der Waals surface area contributed by atoms with Gasteiger partial charge in [-0.05, 0) is 11.8 Å². The molecule has 0 saturated carbocycles. The van der Waals surface area contributed by atoms with Gasteiger partial charge in [0.2, 0.25) is 0 Å². The first-order valence-corrected chi connectivity index (χ1v) is 5.01. The number of nitriles is 1. The fraction of sp³-hybridized carbons (Fsp3) is 0.636. The molecule has 1 rings (SSSR count). The van der Waals surface area contributed by atoms with E-state index in [0.717, 1.165) is 0 Å². The SMILES string of the molecule is CC1(C)CC(=O)C(C#N)=C(NCCO)C1. The first-order chi connectivity index (χ1) is 7.00. The predicted octanol–water partition coefficient (Wildman–Crippen LogP) is 0.735. The van der Waals surface area contributed by atoms with Crippen molar-refractivity contribution in [3.63, 3.8) is 0 Å². The van der Waals surface area contributed by atoms with Crippen LogP contribution in [0.15, 0.2) is 11.3 Å². The molecule has 0 amide bonds. The molecule has 0 spiro atoms. The summed E-state index contributed by atoms with van der Waals surface area (Å²) in [5.74, 6) is -0.103. The van der Waals surface area contributed by atoms with Crippen LogP contribution in [-0.2, 0) is 4.79 Å². The fourth-order valence-electron chi connectivity index (χ4n) is 1.81. The van der Waals surface area contributed by atoms with Gasteiger partial charge in [0.25, 0.3) is 0 Å². The van der Waals surface area contributed by atoms with Gasteiger partial charge in [-0.2, -0.15) is 5.26 Å². The van der Waals surface area contributed by atoms with Gasteiger partial charge in [0.15, 0.2) is 5.78 Å².